The van der Waals surface area contributed by atoms with E-state index in [0.717, 1.165) is 19.3 Å². The number of ether oxygens (including phenoxy) is 1. The van der Waals surface area contributed by atoms with E-state index in [1.165, 1.54) is 0 Å². The summed E-state index contributed by atoms with van der Waals surface area (Å²) in [5.74, 6) is -0.319. The number of carbonyl (C=O) groups excluding carboxylic acids is 1. The van der Waals surface area contributed by atoms with Crippen molar-refractivity contribution in [3.05, 3.63) is 18.7 Å². The van der Waals surface area contributed by atoms with E-state index >= 15 is 0 Å². The zero-order chi connectivity index (χ0) is 14.5. The van der Waals surface area contributed by atoms with Gasteiger partial charge in [-0.25, -0.2) is 9.37 Å². The molecule has 3 aliphatic rings. The Balaban J connectivity index is 1.43. The molecule has 1 aromatic heterocycles. The van der Waals surface area contributed by atoms with E-state index in [-0.39, 0.29) is 17.6 Å². The highest BCUT2D eigenvalue weighted by atomic mass is 19.1. The maximum Gasteiger partial charge on any atom is 0.260 e. The van der Waals surface area contributed by atoms with Crippen LogP contribution in [0.5, 0.6) is 0 Å². The van der Waals surface area contributed by atoms with Crippen LogP contribution < -0.4 is 0 Å². The van der Waals surface area contributed by atoms with Crippen molar-refractivity contribution in [2.75, 3.05) is 19.7 Å². The molecule has 2 atom stereocenters. The van der Waals surface area contributed by atoms with Gasteiger partial charge in [0.1, 0.15) is 0 Å². The zero-order valence-electron chi connectivity index (χ0n) is 12.0. The van der Waals surface area contributed by atoms with Crippen molar-refractivity contribution in [1.82, 2.24) is 14.5 Å². The van der Waals surface area contributed by atoms with Crippen molar-refractivity contribution in [2.45, 2.75) is 49.4 Å². The number of carbonyl (C=O) groups is 1. The third kappa shape index (κ3) is 2.08. The molecule has 0 N–H and O–H groups in total. The van der Waals surface area contributed by atoms with Gasteiger partial charge >= 0.3 is 0 Å². The maximum absolute atomic E-state index is 14.3. The number of imidazole rings is 1. The fraction of sp³-hybridized carbons (Fsp3) is 0.733. The fourth-order valence-electron chi connectivity index (χ4n) is 3.78. The lowest BCUT2D eigenvalue weighted by Crippen LogP contribution is -2.50. The molecule has 3 heterocycles. The number of hydrogen-bond acceptors (Lipinski definition) is 3. The summed E-state index contributed by atoms with van der Waals surface area (Å²) in [6, 6.07) is 0.269. The number of halogens is 1. The van der Waals surface area contributed by atoms with Crippen LogP contribution in [0.2, 0.25) is 0 Å². The third-order valence-electron chi connectivity index (χ3n) is 5.27. The van der Waals surface area contributed by atoms with Gasteiger partial charge in [-0.1, -0.05) is 0 Å². The van der Waals surface area contributed by atoms with E-state index in [2.05, 4.69) is 9.55 Å². The highest BCUT2D eigenvalue weighted by molar-refractivity contribution is 5.86. The first-order chi connectivity index (χ1) is 10.1. The lowest BCUT2D eigenvalue weighted by molar-refractivity contribution is -0.149. The van der Waals surface area contributed by atoms with Crippen LogP contribution in [-0.2, 0) is 9.53 Å². The van der Waals surface area contributed by atoms with Crippen molar-refractivity contribution in [2.24, 2.45) is 0 Å². The van der Waals surface area contributed by atoms with Gasteiger partial charge in [0.25, 0.3) is 5.91 Å². The van der Waals surface area contributed by atoms with Crippen molar-refractivity contribution in [1.29, 1.82) is 0 Å². The van der Waals surface area contributed by atoms with Crippen molar-refractivity contribution < 1.29 is 13.9 Å². The molecule has 2 unspecified atom stereocenters. The monoisotopic (exact) mass is 293 g/mol. The minimum atomic E-state index is -1.59. The number of amides is 1. The molecule has 2 saturated heterocycles. The highest BCUT2D eigenvalue weighted by Gasteiger charge is 2.52. The van der Waals surface area contributed by atoms with Crippen molar-refractivity contribution in [3.63, 3.8) is 0 Å². The predicted molar refractivity (Wildman–Crippen MR) is 73.5 cm³/mol. The van der Waals surface area contributed by atoms with Crippen molar-refractivity contribution >= 4 is 5.91 Å². The summed E-state index contributed by atoms with van der Waals surface area (Å²) in [6.45, 7) is 1.78. The van der Waals surface area contributed by atoms with Gasteiger partial charge in [-0.05, 0) is 25.7 Å². The lowest BCUT2D eigenvalue weighted by Gasteiger charge is -2.36. The first kappa shape index (κ1) is 13.2. The zero-order valence-corrected chi connectivity index (χ0v) is 12.0. The van der Waals surface area contributed by atoms with Crippen LogP contribution in [0.3, 0.4) is 0 Å². The van der Waals surface area contributed by atoms with Crippen LogP contribution in [0.1, 0.15) is 38.1 Å². The highest BCUT2D eigenvalue weighted by Crippen LogP contribution is 2.43. The molecule has 1 saturated carbocycles. The van der Waals surface area contributed by atoms with Gasteiger partial charge in [-0.15, -0.1) is 0 Å². The number of rotatable bonds is 2. The van der Waals surface area contributed by atoms with E-state index in [0.29, 0.717) is 32.5 Å². The van der Waals surface area contributed by atoms with Crippen LogP contribution in [-0.4, -0.2) is 51.3 Å². The molecule has 1 aliphatic carbocycles. The van der Waals surface area contributed by atoms with E-state index in [1.54, 1.807) is 17.4 Å². The molecule has 21 heavy (non-hydrogen) atoms. The van der Waals surface area contributed by atoms with Crippen LogP contribution >= 0.6 is 0 Å². The molecule has 1 aromatic rings. The normalized spacial score (nSPS) is 34.3. The average molecular weight is 293 g/mol. The Morgan fingerprint density at radius 1 is 1.38 bits per heavy atom. The standard InChI is InChI=1S/C15H20FN3O2/c16-15(2-1-3-15)13(20)18-6-4-14(10-18)8-12(9-21-14)19-7-5-17-11-19/h5,7,11-12H,1-4,6,8-10H2. The molecular formula is C15H20FN3O2. The molecule has 0 radical (unpaired) electrons. The Labute approximate surface area is 123 Å². The topological polar surface area (TPSA) is 47.4 Å². The Hall–Kier alpha value is -1.43. The van der Waals surface area contributed by atoms with E-state index in [1.807, 2.05) is 6.20 Å². The van der Waals surface area contributed by atoms with Crippen molar-refractivity contribution in [3.8, 4) is 0 Å². The van der Waals surface area contributed by atoms with Gasteiger partial charge in [0.05, 0.1) is 24.6 Å². The SMILES string of the molecule is O=C(N1CCC2(CC(n3ccnc3)CO2)C1)C1(F)CCC1. The minimum absolute atomic E-state index is 0.269. The second kappa shape index (κ2) is 4.53. The first-order valence-electron chi connectivity index (χ1n) is 7.70. The smallest absolute Gasteiger partial charge is 0.260 e. The lowest BCUT2D eigenvalue weighted by atomic mass is 9.81. The van der Waals surface area contributed by atoms with Gasteiger partial charge in [0, 0.05) is 31.9 Å². The average Bonchev–Trinajstić information content (AvgIpc) is 3.16. The summed E-state index contributed by atoms with van der Waals surface area (Å²) in [5.41, 5.74) is -1.88. The number of nitrogens with zero attached hydrogens (tertiary/aromatic N) is 3. The van der Waals surface area contributed by atoms with Crippen LogP contribution in [0.4, 0.5) is 4.39 Å². The minimum Gasteiger partial charge on any atom is -0.371 e. The summed E-state index contributed by atoms with van der Waals surface area (Å²) in [6.07, 6.45) is 8.76. The van der Waals surface area contributed by atoms with E-state index < -0.39 is 5.67 Å². The van der Waals surface area contributed by atoms with Crippen LogP contribution in [0, 0.1) is 0 Å². The number of aromatic nitrogens is 2. The maximum atomic E-state index is 14.3. The van der Waals surface area contributed by atoms with Crippen LogP contribution in [0.15, 0.2) is 18.7 Å². The number of hydrogen-bond donors (Lipinski definition) is 0. The molecule has 1 amide bonds. The Morgan fingerprint density at radius 2 is 2.24 bits per heavy atom. The van der Waals surface area contributed by atoms with Gasteiger partial charge in [-0.2, -0.15) is 0 Å². The molecule has 0 bridgehead atoms. The third-order valence-corrected chi connectivity index (χ3v) is 5.27. The second-order valence-electron chi connectivity index (χ2n) is 6.66. The summed E-state index contributed by atoms with van der Waals surface area (Å²) >= 11 is 0. The number of alkyl halides is 1. The van der Waals surface area contributed by atoms with Gasteiger partial charge in [0.15, 0.2) is 5.67 Å². The summed E-state index contributed by atoms with van der Waals surface area (Å²) in [5, 5.41) is 0. The van der Waals surface area contributed by atoms with Gasteiger partial charge in [0.2, 0.25) is 0 Å². The van der Waals surface area contributed by atoms with Crippen LogP contribution in [0.25, 0.3) is 0 Å². The van der Waals surface area contributed by atoms with E-state index in [4.69, 9.17) is 4.74 Å². The molecule has 114 valence electrons. The van der Waals surface area contributed by atoms with Gasteiger partial charge < -0.3 is 14.2 Å². The molecule has 1 spiro atoms. The van der Waals surface area contributed by atoms with E-state index in [9.17, 15) is 9.18 Å². The molecule has 2 aliphatic heterocycles. The Kier molecular flexibility index (Phi) is 2.86. The second-order valence-corrected chi connectivity index (χ2v) is 6.66. The molecule has 3 fully saturated rings. The summed E-state index contributed by atoms with van der Waals surface area (Å²) in [7, 11) is 0. The molecular weight excluding hydrogens is 273 g/mol. The summed E-state index contributed by atoms with van der Waals surface area (Å²) in [4.78, 5) is 18.0. The molecule has 0 aromatic carbocycles. The molecule has 5 nitrogen and oxygen atoms in total. The molecule has 4 rings (SSSR count). The Morgan fingerprint density at radius 3 is 2.90 bits per heavy atom. The summed E-state index contributed by atoms with van der Waals surface area (Å²) < 4.78 is 22.4. The Bertz CT molecular complexity index is 543. The fourth-order valence-corrected chi connectivity index (χ4v) is 3.78. The molecule has 6 heteroatoms. The largest absolute Gasteiger partial charge is 0.371 e. The number of likely N-dealkylation sites (tertiary alicyclic amines) is 1. The quantitative estimate of drug-likeness (QED) is 0.834. The first-order valence-corrected chi connectivity index (χ1v) is 7.70. The van der Waals surface area contributed by atoms with Gasteiger partial charge in [-0.3, -0.25) is 4.79 Å². The predicted octanol–water partition coefficient (Wildman–Crippen LogP) is 1.71.